The Hall–Kier alpha value is -4.03. The molecule has 7 rings (SSSR count). The number of hydrogen-bond donors (Lipinski definition) is 1. The molecule has 2 saturated carbocycles. The van der Waals surface area contributed by atoms with Crippen LogP contribution < -0.4 is 0 Å². The number of aryl methyl sites for hydroxylation is 1. The maximum atomic E-state index is 13.6. The first-order chi connectivity index (χ1) is 20.2. The Morgan fingerprint density at radius 2 is 1.62 bits per heavy atom. The van der Waals surface area contributed by atoms with Gasteiger partial charge >= 0.3 is 5.97 Å². The summed E-state index contributed by atoms with van der Waals surface area (Å²) in [5, 5.41) is 16.2. The molecule has 0 atom stereocenters. The molecule has 2 heterocycles. The average molecular weight is 578 g/mol. The molecule has 3 aromatic carbocycles. The number of fused-ring (bicyclic) bond motifs is 2. The van der Waals surface area contributed by atoms with Gasteiger partial charge in [-0.2, -0.15) is 5.10 Å². The van der Waals surface area contributed by atoms with Crippen LogP contribution in [-0.4, -0.2) is 31.6 Å². The number of carbonyl (C=O) groups excluding carboxylic acids is 1. The Morgan fingerprint density at radius 1 is 0.905 bits per heavy atom. The lowest BCUT2D eigenvalue weighted by molar-refractivity contribution is -0.142. The monoisotopic (exact) mass is 577 g/mol. The zero-order valence-corrected chi connectivity index (χ0v) is 24.3. The first-order valence-corrected chi connectivity index (χ1v) is 15.0. The highest BCUT2D eigenvalue weighted by atomic mass is 35.5. The van der Waals surface area contributed by atoms with E-state index in [4.69, 9.17) is 16.7 Å². The zero-order valence-electron chi connectivity index (χ0n) is 23.5. The topological polar surface area (TPSA) is 85.1 Å². The Labute approximate surface area is 249 Å². The quantitative estimate of drug-likeness (QED) is 0.188. The molecule has 7 heteroatoms. The summed E-state index contributed by atoms with van der Waals surface area (Å²) in [5.41, 5.74) is 7.10. The van der Waals surface area contributed by atoms with Crippen molar-refractivity contribution in [2.75, 3.05) is 0 Å². The van der Waals surface area contributed by atoms with Crippen LogP contribution in [0.25, 0.3) is 32.9 Å². The molecule has 2 aliphatic carbocycles. The standard InChI is InChI=1S/C35H32ClN3O3/c1-21-2-5-27-12-26(8-9-31(27)38-21)25-6-3-22(4-7-25)20-39-34-28(19-37-39)13-29(36)14-30(34)32(40)10-23-15-35(16-23)17-24(18-35)11-33(41)42/h2-9,12-14,19,23-24H,10-11,15-18,20H2,1H3,(H,41,42). The molecule has 0 amide bonds. The molecule has 2 aliphatic rings. The molecule has 0 saturated heterocycles. The van der Waals surface area contributed by atoms with Gasteiger partial charge in [0.2, 0.25) is 0 Å². The van der Waals surface area contributed by atoms with E-state index in [1.165, 1.54) is 0 Å². The molecule has 0 unspecified atom stereocenters. The Bertz CT molecular complexity index is 1850. The summed E-state index contributed by atoms with van der Waals surface area (Å²) in [6.07, 6.45) is 6.52. The van der Waals surface area contributed by atoms with Crippen LogP contribution in [0.5, 0.6) is 0 Å². The van der Waals surface area contributed by atoms with Gasteiger partial charge in [0, 0.05) is 39.9 Å². The van der Waals surface area contributed by atoms with Gasteiger partial charge in [-0.3, -0.25) is 19.3 Å². The van der Waals surface area contributed by atoms with Crippen molar-refractivity contribution >= 4 is 45.2 Å². The Morgan fingerprint density at radius 3 is 2.36 bits per heavy atom. The minimum absolute atomic E-state index is 0.0989. The maximum absolute atomic E-state index is 13.6. The highest BCUT2D eigenvalue weighted by Gasteiger charge is 2.53. The fourth-order valence-electron chi connectivity index (χ4n) is 7.48. The number of pyridine rings is 1. The minimum atomic E-state index is -0.712. The van der Waals surface area contributed by atoms with E-state index >= 15 is 0 Å². The van der Waals surface area contributed by atoms with Crippen molar-refractivity contribution in [3.05, 3.63) is 94.8 Å². The number of nitrogens with zero attached hydrogens (tertiary/aromatic N) is 3. The molecule has 5 aromatic rings. The summed E-state index contributed by atoms with van der Waals surface area (Å²) < 4.78 is 1.91. The van der Waals surface area contributed by atoms with Crippen LogP contribution in [0.15, 0.2) is 72.9 Å². The smallest absolute Gasteiger partial charge is 0.303 e. The number of hydrogen-bond acceptors (Lipinski definition) is 4. The molecular formula is C35H32ClN3O3. The van der Waals surface area contributed by atoms with Gasteiger partial charge in [0.05, 0.1) is 23.8 Å². The van der Waals surface area contributed by atoms with Gasteiger partial charge in [0.1, 0.15) is 0 Å². The Balaban J connectivity index is 1.07. The summed E-state index contributed by atoms with van der Waals surface area (Å²) in [5.74, 6) is 0.0264. The zero-order chi connectivity index (χ0) is 29.0. The second-order valence-electron chi connectivity index (χ2n) is 12.5. The van der Waals surface area contributed by atoms with Gasteiger partial charge < -0.3 is 5.11 Å². The SMILES string of the molecule is Cc1ccc2cc(-c3ccc(Cn4ncc5cc(Cl)cc(C(=O)CC6CC7(CC(CC(=O)O)C7)C6)c54)cc3)ccc2n1. The van der Waals surface area contributed by atoms with Crippen LogP contribution in [0, 0.1) is 24.2 Å². The highest BCUT2D eigenvalue weighted by Crippen LogP contribution is 2.62. The third-order valence-electron chi connectivity index (χ3n) is 9.27. The largest absolute Gasteiger partial charge is 0.481 e. The van der Waals surface area contributed by atoms with Crippen molar-refractivity contribution in [1.29, 1.82) is 0 Å². The molecule has 1 spiro atoms. The lowest BCUT2D eigenvalue weighted by Crippen LogP contribution is -2.48. The second-order valence-corrected chi connectivity index (χ2v) is 13.0. The van der Waals surface area contributed by atoms with E-state index in [1.54, 1.807) is 12.3 Å². The third kappa shape index (κ3) is 5.09. The summed E-state index contributed by atoms with van der Waals surface area (Å²) in [6.45, 7) is 2.55. The van der Waals surface area contributed by atoms with Crippen molar-refractivity contribution < 1.29 is 14.7 Å². The molecule has 212 valence electrons. The van der Waals surface area contributed by atoms with E-state index < -0.39 is 5.97 Å². The predicted molar refractivity (Wildman–Crippen MR) is 165 cm³/mol. The first kappa shape index (κ1) is 26.8. The molecule has 42 heavy (non-hydrogen) atoms. The van der Waals surface area contributed by atoms with E-state index in [2.05, 4.69) is 58.6 Å². The Kier molecular flexibility index (Phi) is 6.62. The van der Waals surface area contributed by atoms with E-state index in [0.717, 1.165) is 69.9 Å². The van der Waals surface area contributed by atoms with Crippen LogP contribution in [0.2, 0.25) is 5.02 Å². The van der Waals surface area contributed by atoms with Gasteiger partial charge in [-0.25, -0.2) is 0 Å². The lowest BCUT2D eigenvalue weighted by atomic mass is 9.47. The van der Waals surface area contributed by atoms with Gasteiger partial charge in [-0.15, -0.1) is 0 Å². The van der Waals surface area contributed by atoms with Crippen LogP contribution in [0.4, 0.5) is 0 Å². The minimum Gasteiger partial charge on any atom is -0.481 e. The summed E-state index contributed by atoms with van der Waals surface area (Å²) in [7, 11) is 0. The van der Waals surface area contributed by atoms with Crippen molar-refractivity contribution in [3.63, 3.8) is 0 Å². The molecule has 2 fully saturated rings. The summed E-state index contributed by atoms with van der Waals surface area (Å²) >= 11 is 6.43. The number of Topliss-reactive ketones (excluding diaryl/α,β-unsaturated/α-hetero) is 1. The number of rotatable bonds is 8. The van der Waals surface area contributed by atoms with Crippen molar-refractivity contribution in [3.8, 4) is 11.1 Å². The number of benzene rings is 3. The first-order valence-electron chi connectivity index (χ1n) is 14.6. The number of carboxylic acids is 1. The maximum Gasteiger partial charge on any atom is 0.303 e. The molecule has 0 aliphatic heterocycles. The molecule has 1 N–H and O–H groups in total. The number of aromatic nitrogens is 3. The average Bonchev–Trinajstić information content (AvgIpc) is 3.32. The molecule has 2 aromatic heterocycles. The number of carbonyl (C=O) groups is 2. The van der Waals surface area contributed by atoms with E-state index in [1.807, 2.05) is 23.7 Å². The van der Waals surface area contributed by atoms with Gasteiger partial charge in [-0.1, -0.05) is 48.0 Å². The number of carboxylic acid groups (broad SMARTS) is 1. The highest BCUT2D eigenvalue weighted by molar-refractivity contribution is 6.32. The van der Waals surface area contributed by atoms with Crippen LogP contribution in [-0.2, 0) is 11.3 Å². The fraction of sp³-hybridized carbons (Fsp3) is 0.314. The summed E-state index contributed by atoms with van der Waals surface area (Å²) in [6, 6.07) is 22.6. The third-order valence-corrected chi connectivity index (χ3v) is 9.49. The predicted octanol–water partition coefficient (Wildman–Crippen LogP) is 8.12. The second kappa shape index (κ2) is 10.4. The molecule has 0 bridgehead atoms. The van der Waals surface area contributed by atoms with E-state index in [-0.39, 0.29) is 17.6 Å². The van der Waals surface area contributed by atoms with Crippen molar-refractivity contribution in [2.24, 2.45) is 17.3 Å². The van der Waals surface area contributed by atoms with Gasteiger partial charge in [-0.05, 0) is 96.9 Å². The fourth-order valence-corrected chi connectivity index (χ4v) is 7.71. The normalized spacial score (nSPS) is 21.4. The number of halogens is 1. The van der Waals surface area contributed by atoms with E-state index in [9.17, 15) is 9.59 Å². The van der Waals surface area contributed by atoms with Gasteiger partial charge in [0.15, 0.2) is 5.78 Å². The van der Waals surface area contributed by atoms with Crippen LogP contribution >= 0.6 is 11.6 Å². The number of ketones is 1. The van der Waals surface area contributed by atoms with E-state index in [0.29, 0.717) is 35.4 Å². The number of aliphatic carboxylic acids is 1. The van der Waals surface area contributed by atoms with Crippen molar-refractivity contribution in [1.82, 2.24) is 14.8 Å². The molecule has 6 nitrogen and oxygen atoms in total. The molecular weight excluding hydrogens is 546 g/mol. The van der Waals surface area contributed by atoms with Crippen LogP contribution in [0.1, 0.15) is 60.1 Å². The molecule has 0 radical (unpaired) electrons. The summed E-state index contributed by atoms with van der Waals surface area (Å²) in [4.78, 5) is 29.2. The van der Waals surface area contributed by atoms with Gasteiger partial charge in [0.25, 0.3) is 0 Å². The lowest BCUT2D eigenvalue weighted by Gasteiger charge is -2.58. The van der Waals surface area contributed by atoms with Crippen LogP contribution in [0.3, 0.4) is 0 Å². The van der Waals surface area contributed by atoms with Crippen molar-refractivity contribution in [2.45, 2.75) is 52.0 Å².